The van der Waals surface area contributed by atoms with Crippen molar-refractivity contribution >= 4 is 16.7 Å². The van der Waals surface area contributed by atoms with Crippen molar-refractivity contribution in [3.05, 3.63) is 108 Å². The van der Waals surface area contributed by atoms with E-state index in [1.54, 1.807) is 0 Å². The molecule has 0 aliphatic carbocycles. The van der Waals surface area contributed by atoms with Crippen molar-refractivity contribution in [2.75, 3.05) is 0 Å². The number of carbonyl (C=O) groups is 1. The number of fused-ring (bicyclic) bond motifs is 1. The van der Waals surface area contributed by atoms with Gasteiger partial charge in [0.15, 0.2) is 5.78 Å². The van der Waals surface area contributed by atoms with Crippen LogP contribution in [0, 0.1) is 0 Å². The van der Waals surface area contributed by atoms with E-state index in [0.29, 0.717) is 6.54 Å². The van der Waals surface area contributed by atoms with E-state index in [9.17, 15) is 4.79 Å². The third kappa shape index (κ3) is 3.30. The lowest BCUT2D eigenvalue weighted by Crippen LogP contribution is -2.28. The van der Waals surface area contributed by atoms with Crippen LogP contribution in [0.3, 0.4) is 0 Å². The van der Waals surface area contributed by atoms with Crippen LogP contribution in [0.4, 0.5) is 0 Å². The summed E-state index contributed by atoms with van der Waals surface area (Å²) in [6.45, 7) is 0.633. The van der Waals surface area contributed by atoms with Gasteiger partial charge in [0.05, 0.1) is 6.04 Å². The third-order valence-electron chi connectivity index (χ3n) is 4.60. The number of H-pyrrole nitrogens is 1. The zero-order valence-corrected chi connectivity index (χ0v) is 14.4. The Balaban J connectivity index is 1.67. The van der Waals surface area contributed by atoms with E-state index in [1.807, 2.05) is 79.0 Å². The fraction of sp³-hybridized carbons (Fsp3) is 0.0870. The molecule has 4 rings (SSSR count). The Morgan fingerprint density at radius 1 is 0.846 bits per heavy atom. The maximum absolute atomic E-state index is 13.4. The van der Waals surface area contributed by atoms with Crippen LogP contribution >= 0.6 is 0 Å². The second-order valence-electron chi connectivity index (χ2n) is 6.32. The van der Waals surface area contributed by atoms with E-state index < -0.39 is 6.04 Å². The number of aromatic nitrogens is 1. The normalized spacial score (nSPS) is 12.2. The van der Waals surface area contributed by atoms with E-state index in [0.717, 1.165) is 27.6 Å². The molecule has 0 aliphatic rings. The summed E-state index contributed by atoms with van der Waals surface area (Å²) in [5, 5.41) is 4.40. The summed E-state index contributed by atoms with van der Waals surface area (Å²) in [5.41, 5.74) is 3.82. The van der Waals surface area contributed by atoms with Crippen molar-refractivity contribution in [2.45, 2.75) is 12.6 Å². The highest BCUT2D eigenvalue weighted by Crippen LogP contribution is 2.25. The van der Waals surface area contributed by atoms with Gasteiger partial charge in [0, 0.05) is 29.2 Å². The minimum Gasteiger partial charge on any atom is -0.360 e. The molecular weight excluding hydrogens is 320 g/mol. The van der Waals surface area contributed by atoms with E-state index in [-0.39, 0.29) is 5.78 Å². The van der Waals surface area contributed by atoms with Gasteiger partial charge in [-0.3, -0.25) is 10.1 Å². The maximum atomic E-state index is 13.4. The van der Waals surface area contributed by atoms with Crippen LogP contribution in [0.1, 0.15) is 27.5 Å². The molecule has 0 radical (unpaired) electrons. The van der Waals surface area contributed by atoms with Crippen molar-refractivity contribution in [3.63, 3.8) is 0 Å². The molecule has 0 aliphatic heterocycles. The van der Waals surface area contributed by atoms with Crippen LogP contribution in [0.2, 0.25) is 0 Å². The first kappa shape index (κ1) is 16.3. The Morgan fingerprint density at radius 3 is 2.27 bits per heavy atom. The predicted molar refractivity (Wildman–Crippen MR) is 105 cm³/mol. The van der Waals surface area contributed by atoms with Gasteiger partial charge >= 0.3 is 0 Å². The van der Waals surface area contributed by atoms with E-state index in [1.165, 1.54) is 0 Å². The number of hydrogen-bond acceptors (Lipinski definition) is 2. The van der Waals surface area contributed by atoms with Gasteiger partial charge in [0.2, 0.25) is 0 Å². The van der Waals surface area contributed by atoms with Crippen LogP contribution in [-0.2, 0) is 6.54 Å². The van der Waals surface area contributed by atoms with Gasteiger partial charge in [0.1, 0.15) is 0 Å². The number of benzene rings is 3. The number of carbonyl (C=O) groups excluding carboxylic acids is 1. The van der Waals surface area contributed by atoms with Gasteiger partial charge in [-0.15, -0.1) is 0 Å². The van der Waals surface area contributed by atoms with Crippen LogP contribution in [-0.4, -0.2) is 10.8 Å². The molecule has 0 spiro atoms. The number of rotatable bonds is 6. The third-order valence-corrected chi connectivity index (χ3v) is 4.60. The number of ketones is 1. The Hall–Kier alpha value is -3.17. The van der Waals surface area contributed by atoms with Crippen molar-refractivity contribution in [1.29, 1.82) is 0 Å². The smallest absolute Gasteiger partial charge is 0.186 e. The summed E-state index contributed by atoms with van der Waals surface area (Å²) >= 11 is 0. The quantitative estimate of drug-likeness (QED) is 0.491. The molecule has 1 aromatic heterocycles. The molecule has 1 heterocycles. The fourth-order valence-corrected chi connectivity index (χ4v) is 3.25. The second kappa shape index (κ2) is 7.38. The average molecular weight is 340 g/mol. The highest BCUT2D eigenvalue weighted by Gasteiger charge is 2.23. The molecule has 3 aromatic carbocycles. The Kier molecular flexibility index (Phi) is 4.63. The molecular formula is C23H20N2O. The summed E-state index contributed by atoms with van der Waals surface area (Å²) in [4.78, 5) is 16.6. The van der Waals surface area contributed by atoms with Gasteiger partial charge in [-0.2, -0.15) is 0 Å². The van der Waals surface area contributed by atoms with Crippen molar-refractivity contribution in [1.82, 2.24) is 10.3 Å². The molecule has 0 fully saturated rings. The summed E-state index contributed by atoms with van der Waals surface area (Å²) in [6, 6.07) is 27.5. The molecule has 2 N–H and O–H groups in total. The molecule has 0 saturated carbocycles. The molecule has 0 saturated heterocycles. The number of hydrogen-bond donors (Lipinski definition) is 2. The molecule has 3 heteroatoms. The number of para-hydroxylation sites is 1. The first-order valence-corrected chi connectivity index (χ1v) is 8.75. The van der Waals surface area contributed by atoms with Gasteiger partial charge in [0.25, 0.3) is 0 Å². The fourth-order valence-electron chi connectivity index (χ4n) is 3.25. The molecule has 0 bridgehead atoms. The van der Waals surface area contributed by atoms with Gasteiger partial charge < -0.3 is 4.98 Å². The second-order valence-corrected chi connectivity index (χ2v) is 6.32. The minimum atomic E-state index is -0.393. The van der Waals surface area contributed by atoms with E-state index >= 15 is 0 Å². The number of Topliss-reactive ketones (excluding diaryl/α,β-unsaturated/α-hetero) is 1. The van der Waals surface area contributed by atoms with Crippen LogP contribution in [0.25, 0.3) is 10.9 Å². The Morgan fingerprint density at radius 2 is 1.50 bits per heavy atom. The topological polar surface area (TPSA) is 44.9 Å². The Labute approximate surface area is 152 Å². The molecule has 0 amide bonds. The minimum absolute atomic E-state index is 0.0737. The predicted octanol–water partition coefficient (Wildman–Crippen LogP) is 4.88. The Bertz CT molecular complexity index is 1010. The van der Waals surface area contributed by atoms with Gasteiger partial charge in [-0.05, 0) is 17.2 Å². The number of nitrogens with one attached hydrogen (secondary N) is 2. The summed E-state index contributed by atoms with van der Waals surface area (Å²) in [5.74, 6) is 0.0737. The first-order chi connectivity index (χ1) is 12.8. The molecule has 26 heavy (non-hydrogen) atoms. The van der Waals surface area contributed by atoms with Crippen molar-refractivity contribution < 1.29 is 4.79 Å². The van der Waals surface area contributed by atoms with E-state index in [2.05, 4.69) is 22.4 Å². The van der Waals surface area contributed by atoms with Crippen molar-refractivity contribution in [2.24, 2.45) is 0 Å². The van der Waals surface area contributed by atoms with Gasteiger partial charge in [-0.1, -0.05) is 78.9 Å². The zero-order chi connectivity index (χ0) is 17.8. The first-order valence-electron chi connectivity index (χ1n) is 8.75. The molecule has 3 nitrogen and oxygen atoms in total. The summed E-state index contributed by atoms with van der Waals surface area (Å²) < 4.78 is 0. The lowest BCUT2D eigenvalue weighted by Gasteiger charge is -2.18. The highest BCUT2D eigenvalue weighted by molar-refractivity contribution is 6.10. The maximum Gasteiger partial charge on any atom is 0.186 e. The van der Waals surface area contributed by atoms with E-state index in [4.69, 9.17) is 0 Å². The lowest BCUT2D eigenvalue weighted by molar-refractivity contribution is 0.0943. The number of aromatic amines is 1. The lowest BCUT2D eigenvalue weighted by atomic mass is 9.96. The van der Waals surface area contributed by atoms with Crippen LogP contribution < -0.4 is 5.32 Å². The highest BCUT2D eigenvalue weighted by atomic mass is 16.1. The van der Waals surface area contributed by atoms with Crippen LogP contribution in [0.5, 0.6) is 0 Å². The molecule has 4 aromatic rings. The van der Waals surface area contributed by atoms with Gasteiger partial charge in [-0.25, -0.2) is 0 Å². The molecule has 0 unspecified atom stereocenters. The largest absolute Gasteiger partial charge is 0.360 e. The van der Waals surface area contributed by atoms with Crippen molar-refractivity contribution in [3.8, 4) is 0 Å². The molecule has 1 atom stereocenters. The standard InChI is InChI=1S/C23H20N2O/c26-23(20-16-24-21-14-8-7-13-19(20)21)22(18-11-5-2-6-12-18)25-15-17-9-3-1-4-10-17/h1-14,16,22,24-25H,15H2/t22-/m0/s1. The average Bonchev–Trinajstić information content (AvgIpc) is 3.14. The monoisotopic (exact) mass is 340 g/mol. The van der Waals surface area contributed by atoms with Crippen LogP contribution in [0.15, 0.2) is 91.1 Å². The SMILES string of the molecule is O=C(c1c[nH]c2ccccc12)[C@@H](NCc1ccccc1)c1ccccc1. The molecule has 128 valence electrons. The summed E-state index contributed by atoms with van der Waals surface area (Å²) in [6.07, 6.45) is 1.81. The zero-order valence-electron chi connectivity index (χ0n) is 14.4. The summed E-state index contributed by atoms with van der Waals surface area (Å²) in [7, 11) is 0.